The number of methoxy groups -OCH3 is 2. The quantitative estimate of drug-likeness (QED) is 0.320. The maximum Gasteiger partial charge on any atom is 0.295 e. The molecular weight excluding hydrogens is 498 g/mol. The van der Waals surface area contributed by atoms with E-state index in [4.69, 9.17) is 20.4 Å². The molecule has 0 unspecified atom stereocenters. The van der Waals surface area contributed by atoms with Crippen LogP contribution in [0.2, 0.25) is 0 Å². The van der Waals surface area contributed by atoms with Gasteiger partial charge in [0.1, 0.15) is 21.8 Å². The molecule has 0 aliphatic heterocycles. The highest BCUT2D eigenvalue weighted by Gasteiger charge is 2.25. The molecule has 2 aromatic heterocycles. The van der Waals surface area contributed by atoms with E-state index in [1.807, 2.05) is 19.8 Å². The van der Waals surface area contributed by atoms with E-state index < -0.39 is 15.9 Å². The van der Waals surface area contributed by atoms with Crippen LogP contribution in [0.4, 0.5) is 5.82 Å². The second-order valence-corrected chi connectivity index (χ2v) is 9.92. The number of amides is 1. The van der Waals surface area contributed by atoms with Crippen molar-refractivity contribution in [3.63, 3.8) is 0 Å². The van der Waals surface area contributed by atoms with Crippen LogP contribution in [0.5, 0.6) is 11.5 Å². The molecule has 4 aromatic rings. The molecule has 37 heavy (non-hydrogen) atoms. The minimum absolute atomic E-state index is 0.00990. The third kappa shape index (κ3) is 5.36. The van der Waals surface area contributed by atoms with Gasteiger partial charge in [-0.05, 0) is 60.7 Å². The summed E-state index contributed by atoms with van der Waals surface area (Å²) in [6, 6.07) is 6.68. The lowest BCUT2D eigenvalue weighted by Crippen LogP contribution is -2.20. The third-order valence-corrected chi connectivity index (χ3v) is 7.09. The van der Waals surface area contributed by atoms with Crippen LogP contribution in [0.15, 0.2) is 46.1 Å². The van der Waals surface area contributed by atoms with Crippen molar-refractivity contribution in [1.29, 1.82) is 0 Å². The summed E-state index contributed by atoms with van der Waals surface area (Å²) in [5.74, 6) is 2.06. The molecule has 2 heterocycles. The van der Waals surface area contributed by atoms with E-state index in [0.717, 1.165) is 22.3 Å². The molecule has 4 rings (SSSR count). The lowest BCUT2D eigenvalue weighted by atomic mass is 10.1. The predicted molar refractivity (Wildman–Crippen MR) is 136 cm³/mol. The second kappa shape index (κ2) is 10.2. The Balaban J connectivity index is 1.62. The molecule has 2 N–H and O–H groups in total. The van der Waals surface area contributed by atoms with Crippen LogP contribution in [0.3, 0.4) is 0 Å². The molecule has 0 aliphatic carbocycles. The number of anilines is 1. The van der Waals surface area contributed by atoms with Crippen LogP contribution in [0.25, 0.3) is 11.0 Å². The van der Waals surface area contributed by atoms with E-state index in [1.54, 1.807) is 41.3 Å². The first-order valence-corrected chi connectivity index (χ1v) is 12.5. The lowest BCUT2D eigenvalue weighted by molar-refractivity contribution is -0.115. The van der Waals surface area contributed by atoms with Gasteiger partial charge in [-0.15, -0.1) is 6.42 Å². The standard InChI is InChI=1S/C25H25N5O6S/c1-6-23(31)26-11-18-12-27-30(14-18)13-17-9-20(35-5)24-21(10-17)36-28-25(24)29-37(32,33)22-8-16(3)15(2)7-19(22)34-4/h1,7-10,12,14H,11,13H2,2-5H3,(H,26,31)(H,28,29). The lowest BCUT2D eigenvalue weighted by Gasteiger charge is -2.13. The highest BCUT2D eigenvalue weighted by atomic mass is 32.2. The van der Waals surface area contributed by atoms with E-state index >= 15 is 0 Å². The largest absolute Gasteiger partial charge is 0.496 e. The van der Waals surface area contributed by atoms with Crippen molar-refractivity contribution in [2.75, 3.05) is 18.9 Å². The molecule has 0 aliphatic rings. The number of aryl methyl sites for hydroxylation is 2. The predicted octanol–water partition coefficient (Wildman–Crippen LogP) is 2.76. The fourth-order valence-electron chi connectivity index (χ4n) is 3.73. The normalized spacial score (nSPS) is 11.2. The first kappa shape index (κ1) is 25.6. The molecule has 192 valence electrons. The monoisotopic (exact) mass is 523 g/mol. The smallest absolute Gasteiger partial charge is 0.295 e. The fourth-order valence-corrected chi connectivity index (χ4v) is 4.97. The molecular formula is C25H25N5O6S. The van der Waals surface area contributed by atoms with Crippen molar-refractivity contribution in [2.24, 2.45) is 0 Å². The van der Waals surface area contributed by atoms with Crippen molar-refractivity contribution in [3.8, 4) is 23.8 Å². The third-order valence-electron chi connectivity index (χ3n) is 5.73. The van der Waals surface area contributed by atoms with Crippen LogP contribution in [-0.2, 0) is 27.9 Å². The van der Waals surface area contributed by atoms with Crippen molar-refractivity contribution in [3.05, 3.63) is 58.9 Å². The molecule has 11 nitrogen and oxygen atoms in total. The zero-order valence-electron chi connectivity index (χ0n) is 20.7. The molecule has 0 saturated heterocycles. The number of fused-ring (bicyclic) bond motifs is 1. The molecule has 0 spiro atoms. The highest BCUT2D eigenvalue weighted by Crippen LogP contribution is 2.36. The Hall–Kier alpha value is -4.50. The minimum atomic E-state index is -4.06. The van der Waals surface area contributed by atoms with Gasteiger partial charge in [-0.2, -0.15) is 5.10 Å². The van der Waals surface area contributed by atoms with Gasteiger partial charge in [-0.25, -0.2) is 8.42 Å². The van der Waals surface area contributed by atoms with Crippen LogP contribution in [0, 0.1) is 26.2 Å². The van der Waals surface area contributed by atoms with Crippen molar-refractivity contribution < 1.29 is 27.2 Å². The molecule has 0 saturated carbocycles. The van der Waals surface area contributed by atoms with Crippen molar-refractivity contribution >= 4 is 32.7 Å². The number of nitrogens with one attached hydrogen (secondary N) is 2. The van der Waals surface area contributed by atoms with E-state index in [9.17, 15) is 13.2 Å². The van der Waals surface area contributed by atoms with Gasteiger partial charge in [0.25, 0.3) is 15.9 Å². The number of hydrogen-bond donors (Lipinski definition) is 2. The number of ether oxygens (including phenoxy) is 2. The van der Waals surface area contributed by atoms with E-state index in [0.29, 0.717) is 23.3 Å². The van der Waals surface area contributed by atoms with Crippen LogP contribution < -0.4 is 19.5 Å². The summed E-state index contributed by atoms with van der Waals surface area (Å²) >= 11 is 0. The van der Waals surface area contributed by atoms with Gasteiger partial charge in [-0.3, -0.25) is 14.2 Å². The topological polar surface area (TPSA) is 138 Å². The van der Waals surface area contributed by atoms with Crippen LogP contribution in [-0.4, -0.2) is 43.5 Å². The molecule has 0 atom stereocenters. The number of aromatic nitrogens is 3. The number of carbonyl (C=O) groups is 1. The minimum Gasteiger partial charge on any atom is -0.496 e. The Bertz CT molecular complexity index is 1630. The van der Waals surface area contributed by atoms with Gasteiger partial charge >= 0.3 is 0 Å². The summed E-state index contributed by atoms with van der Waals surface area (Å²) < 4.78 is 46.9. The SMILES string of the molecule is C#CC(=O)NCc1cnn(Cc2cc(OC)c3c(NS(=O)(=O)c4cc(C)c(C)cc4OC)noc3c2)c1. The highest BCUT2D eigenvalue weighted by molar-refractivity contribution is 7.92. The molecule has 0 bridgehead atoms. The van der Waals surface area contributed by atoms with Crippen LogP contribution >= 0.6 is 0 Å². The number of rotatable bonds is 9. The molecule has 12 heteroatoms. The van der Waals surface area contributed by atoms with Crippen LogP contribution in [0.1, 0.15) is 22.3 Å². The average Bonchev–Trinajstić information content (AvgIpc) is 3.49. The maximum absolute atomic E-state index is 13.2. The van der Waals surface area contributed by atoms with Crippen molar-refractivity contribution in [2.45, 2.75) is 31.8 Å². The Morgan fingerprint density at radius 2 is 1.84 bits per heavy atom. The summed E-state index contributed by atoms with van der Waals surface area (Å²) in [7, 11) is -1.18. The van der Waals surface area contributed by atoms with Gasteiger partial charge in [0.15, 0.2) is 11.4 Å². The Morgan fingerprint density at radius 1 is 1.11 bits per heavy atom. The Labute approximate surface area is 213 Å². The summed E-state index contributed by atoms with van der Waals surface area (Å²) in [5, 5.41) is 11.2. The summed E-state index contributed by atoms with van der Waals surface area (Å²) in [4.78, 5) is 11.2. The number of benzene rings is 2. The Kier molecular flexibility index (Phi) is 7.08. The Morgan fingerprint density at radius 3 is 2.54 bits per heavy atom. The number of nitrogens with zero attached hydrogens (tertiary/aromatic N) is 3. The average molecular weight is 524 g/mol. The molecule has 0 fully saturated rings. The van der Waals surface area contributed by atoms with Gasteiger partial charge < -0.3 is 19.3 Å². The first-order chi connectivity index (χ1) is 17.6. The first-order valence-electron chi connectivity index (χ1n) is 11.0. The zero-order valence-corrected chi connectivity index (χ0v) is 21.5. The number of sulfonamides is 1. The molecule has 0 radical (unpaired) electrons. The van der Waals surface area contributed by atoms with E-state index in [2.05, 4.69) is 20.3 Å². The van der Waals surface area contributed by atoms with E-state index in [1.165, 1.54) is 14.2 Å². The summed E-state index contributed by atoms with van der Waals surface area (Å²) in [6.07, 6.45) is 8.44. The van der Waals surface area contributed by atoms with Crippen molar-refractivity contribution in [1.82, 2.24) is 20.3 Å². The van der Waals surface area contributed by atoms with Gasteiger partial charge in [0.05, 0.1) is 27.0 Å². The maximum atomic E-state index is 13.2. The summed E-state index contributed by atoms with van der Waals surface area (Å²) in [6.45, 7) is 4.30. The van der Waals surface area contributed by atoms with Gasteiger partial charge in [0.2, 0.25) is 0 Å². The van der Waals surface area contributed by atoms with E-state index in [-0.39, 0.29) is 23.0 Å². The molecule has 1 amide bonds. The van der Waals surface area contributed by atoms with Gasteiger partial charge in [-0.1, -0.05) is 5.16 Å². The zero-order chi connectivity index (χ0) is 26.7. The summed E-state index contributed by atoms with van der Waals surface area (Å²) in [5.41, 5.74) is 3.57. The second-order valence-electron chi connectivity index (χ2n) is 8.27. The van der Waals surface area contributed by atoms with Gasteiger partial charge in [0, 0.05) is 18.3 Å². The number of hydrogen-bond acceptors (Lipinski definition) is 8. The molecule has 2 aromatic carbocycles. The fraction of sp³-hybridized carbons (Fsp3) is 0.240. The number of carbonyl (C=O) groups excluding carboxylic acids is 1. The number of terminal acetylenes is 1.